The van der Waals surface area contributed by atoms with E-state index < -0.39 is 0 Å². The summed E-state index contributed by atoms with van der Waals surface area (Å²) in [6.45, 7) is 3.39. The maximum absolute atomic E-state index is 4.79. The molecule has 1 aromatic rings. The lowest BCUT2D eigenvalue weighted by Gasteiger charge is -2.26. The predicted molar refractivity (Wildman–Crippen MR) is 92.8 cm³/mol. The van der Waals surface area contributed by atoms with E-state index in [9.17, 15) is 0 Å². The van der Waals surface area contributed by atoms with E-state index >= 15 is 0 Å². The Morgan fingerprint density at radius 3 is 2.90 bits per heavy atom. The Morgan fingerprint density at radius 2 is 2.10 bits per heavy atom. The quantitative estimate of drug-likeness (QED) is 0.876. The number of nitrogens with one attached hydrogen (secondary N) is 1. The Labute approximate surface area is 132 Å². The number of aliphatic imine (C=N–C) groups is 1. The minimum absolute atomic E-state index is 0.435. The molecule has 1 heterocycles. The van der Waals surface area contributed by atoms with Crippen molar-refractivity contribution in [1.82, 2.24) is 5.32 Å². The third-order valence-corrected chi connectivity index (χ3v) is 5.74. The van der Waals surface area contributed by atoms with E-state index in [2.05, 4.69) is 42.6 Å². The van der Waals surface area contributed by atoms with Gasteiger partial charge in [-0.05, 0) is 30.2 Å². The topological polar surface area (TPSA) is 24.4 Å². The van der Waals surface area contributed by atoms with Crippen LogP contribution in [0.3, 0.4) is 0 Å². The lowest BCUT2D eigenvalue weighted by molar-refractivity contribution is 0.273. The Kier molecular flexibility index (Phi) is 5.23. The molecule has 3 rings (SSSR count). The molecule has 1 N–H and O–H groups in total. The lowest BCUT2D eigenvalue weighted by Crippen LogP contribution is -2.20. The smallest absolute Gasteiger partial charge is 0.157 e. The van der Waals surface area contributed by atoms with Crippen molar-refractivity contribution in [2.75, 3.05) is 12.3 Å². The molecular weight excluding hydrogens is 276 g/mol. The molecule has 1 saturated heterocycles. The van der Waals surface area contributed by atoms with Gasteiger partial charge in [-0.1, -0.05) is 68.3 Å². The Hall–Kier alpha value is -0.960. The van der Waals surface area contributed by atoms with Crippen molar-refractivity contribution in [3.05, 3.63) is 35.9 Å². The number of amidine groups is 1. The fraction of sp³-hybridized carbons (Fsp3) is 0.611. The molecule has 3 unspecified atom stereocenters. The van der Waals surface area contributed by atoms with E-state index in [0.717, 1.165) is 29.3 Å². The van der Waals surface area contributed by atoms with Gasteiger partial charge in [0.05, 0.1) is 6.04 Å². The van der Waals surface area contributed by atoms with Crippen molar-refractivity contribution in [2.24, 2.45) is 16.8 Å². The lowest BCUT2D eigenvalue weighted by atomic mass is 9.81. The highest BCUT2D eigenvalue weighted by Crippen LogP contribution is 2.31. The molecule has 2 fully saturated rings. The highest BCUT2D eigenvalue weighted by atomic mass is 32.2. The summed E-state index contributed by atoms with van der Waals surface area (Å²) < 4.78 is 0. The zero-order valence-corrected chi connectivity index (χ0v) is 13.7. The van der Waals surface area contributed by atoms with Crippen LogP contribution in [0.2, 0.25) is 0 Å². The summed E-state index contributed by atoms with van der Waals surface area (Å²) >= 11 is 1.87. The monoisotopic (exact) mass is 302 g/mol. The summed E-state index contributed by atoms with van der Waals surface area (Å²) in [7, 11) is 0. The Bertz CT molecular complexity index is 471. The number of thioether (sulfide) groups is 1. The highest BCUT2D eigenvalue weighted by molar-refractivity contribution is 8.14. The molecule has 0 radical (unpaired) electrons. The Morgan fingerprint density at radius 1 is 1.24 bits per heavy atom. The standard InChI is InChI=1S/C18H26N2S/c1-14-6-5-7-15(12-14)10-11-19-18-20-17(13-21-18)16-8-3-2-4-9-16/h2-4,8-9,14-15,17H,5-7,10-13H2,1H3,(H,19,20). The largest absolute Gasteiger partial charge is 0.357 e. The molecule has 3 atom stereocenters. The van der Waals surface area contributed by atoms with E-state index in [4.69, 9.17) is 4.99 Å². The van der Waals surface area contributed by atoms with Gasteiger partial charge in [-0.15, -0.1) is 0 Å². The zero-order valence-electron chi connectivity index (χ0n) is 12.9. The van der Waals surface area contributed by atoms with Crippen LogP contribution in [0.15, 0.2) is 35.3 Å². The maximum atomic E-state index is 4.79. The van der Waals surface area contributed by atoms with Crippen LogP contribution < -0.4 is 5.32 Å². The SMILES string of the molecule is CC1CCCC(CCN=C2NC(c3ccccc3)CS2)C1. The van der Waals surface area contributed by atoms with Crippen molar-refractivity contribution in [3.63, 3.8) is 0 Å². The maximum Gasteiger partial charge on any atom is 0.157 e. The van der Waals surface area contributed by atoms with E-state index in [0.29, 0.717) is 6.04 Å². The first-order chi connectivity index (χ1) is 10.3. The molecule has 0 aromatic heterocycles. The summed E-state index contributed by atoms with van der Waals surface area (Å²) in [5, 5.41) is 4.71. The van der Waals surface area contributed by atoms with Crippen LogP contribution in [0, 0.1) is 11.8 Å². The number of rotatable bonds is 4. The molecule has 1 aromatic carbocycles. The first-order valence-electron chi connectivity index (χ1n) is 8.30. The van der Waals surface area contributed by atoms with Crippen LogP contribution in [-0.4, -0.2) is 17.5 Å². The van der Waals surface area contributed by atoms with Gasteiger partial charge in [0.15, 0.2) is 5.17 Å². The molecule has 0 bridgehead atoms. The van der Waals surface area contributed by atoms with Crippen LogP contribution in [0.5, 0.6) is 0 Å². The van der Waals surface area contributed by atoms with E-state index in [1.165, 1.54) is 37.7 Å². The van der Waals surface area contributed by atoms with Gasteiger partial charge < -0.3 is 5.32 Å². The third-order valence-electron chi connectivity index (χ3n) is 4.72. The van der Waals surface area contributed by atoms with Gasteiger partial charge in [0.2, 0.25) is 0 Å². The molecule has 2 aliphatic rings. The van der Waals surface area contributed by atoms with Crippen LogP contribution in [0.1, 0.15) is 50.6 Å². The fourth-order valence-corrected chi connectivity index (χ4v) is 4.53. The molecule has 3 heteroatoms. The van der Waals surface area contributed by atoms with Gasteiger partial charge in [-0.3, -0.25) is 4.99 Å². The molecule has 21 heavy (non-hydrogen) atoms. The fourth-order valence-electron chi connectivity index (χ4n) is 3.52. The van der Waals surface area contributed by atoms with Crippen LogP contribution in [0.4, 0.5) is 0 Å². The number of hydrogen-bond acceptors (Lipinski definition) is 2. The molecule has 1 saturated carbocycles. The number of nitrogens with zero attached hydrogens (tertiary/aromatic N) is 1. The molecule has 114 valence electrons. The zero-order chi connectivity index (χ0) is 14.5. The van der Waals surface area contributed by atoms with Gasteiger partial charge in [0, 0.05) is 12.3 Å². The van der Waals surface area contributed by atoms with Crippen LogP contribution in [-0.2, 0) is 0 Å². The number of benzene rings is 1. The minimum Gasteiger partial charge on any atom is -0.357 e. The van der Waals surface area contributed by atoms with E-state index in [1.54, 1.807) is 0 Å². The summed E-state index contributed by atoms with van der Waals surface area (Å²) in [5.41, 5.74) is 1.37. The summed E-state index contributed by atoms with van der Waals surface area (Å²) in [6.07, 6.45) is 6.96. The van der Waals surface area contributed by atoms with Crippen LogP contribution >= 0.6 is 11.8 Å². The van der Waals surface area contributed by atoms with Crippen molar-refractivity contribution in [2.45, 2.75) is 45.1 Å². The molecule has 2 nitrogen and oxygen atoms in total. The van der Waals surface area contributed by atoms with E-state index in [1.807, 2.05) is 11.8 Å². The molecule has 1 aliphatic heterocycles. The van der Waals surface area contributed by atoms with Gasteiger partial charge in [-0.2, -0.15) is 0 Å². The first-order valence-corrected chi connectivity index (χ1v) is 9.28. The molecule has 0 amide bonds. The van der Waals surface area contributed by atoms with Crippen molar-refractivity contribution in [1.29, 1.82) is 0 Å². The molecular formula is C18H26N2S. The van der Waals surface area contributed by atoms with Crippen molar-refractivity contribution >= 4 is 16.9 Å². The van der Waals surface area contributed by atoms with E-state index in [-0.39, 0.29) is 0 Å². The van der Waals surface area contributed by atoms with Crippen molar-refractivity contribution in [3.8, 4) is 0 Å². The predicted octanol–water partition coefficient (Wildman–Crippen LogP) is 4.64. The van der Waals surface area contributed by atoms with Gasteiger partial charge in [-0.25, -0.2) is 0 Å². The first kappa shape index (κ1) is 15.0. The average Bonchev–Trinajstić information content (AvgIpc) is 2.97. The van der Waals surface area contributed by atoms with Gasteiger partial charge in [0.1, 0.15) is 0 Å². The second-order valence-corrected chi connectivity index (χ2v) is 7.54. The second-order valence-electron chi connectivity index (χ2n) is 6.53. The minimum atomic E-state index is 0.435. The average molecular weight is 302 g/mol. The second kappa shape index (κ2) is 7.35. The van der Waals surface area contributed by atoms with Crippen molar-refractivity contribution < 1.29 is 0 Å². The van der Waals surface area contributed by atoms with Gasteiger partial charge >= 0.3 is 0 Å². The highest BCUT2D eigenvalue weighted by Gasteiger charge is 2.22. The molecule has 1 aliphatic carbocycles. The molecule has 0 spiro atoms. The third kappa shape index (κ3) is 4.26. The summed E-state index contributed by atoms with van der Waals surface area (Å²) in [6, 6.07) is 11.1. The van der Waals surface area contributed by atoms with Gasteiger partial charge in [0.25, 0.3) is 0 Å². The summed E-state index contributed by atoms with van der Waals surface area (Å²) in [4.78, 5) is 4.79. The van der Waals surface area contributed by atoms with Crippen LogP contribution in [0.25, 0.3) is 0 Å². The summed E-state index contributed by atoms with van der Waals surface area (Å²) in [5.74, 6) is 2.94. The number of hydrogen-bond donors (Lipinski definition) is 1. The Balaban J connectivity index is 1.45. The normalized spacial score (nSPS) is 31.3.